The van der Waals surface area contributed by atoms with Gasteiger partial charge in [-0.1, -0.05) is 91.0 Å². The van der Waals surface area contributed by atoms with Gasteiger partial charge in [0.15, 0.2) is 0 Å². The third-order valence-corrected chi connectivity index (χ3v) is 6.89. The third-order valence-electron chi connectivity index (χ3n) is 5.14. The number of hydrogen-bond acceptors (Lipinski definition) is 3. The molecule has 1 aliphatic rings. The smallest absolute Gasteiger partial charge is 0.228 e. The lowest BCUT2D eigenvalue weighted by molar-refractivity contribution is -0.148. The molecule has 1 atom stereocenters. The lowest BCUT2D eigenvalue weighted by Gasteiger charge is -2.46. The Morgan fingerprint density at radius 2 is 1.29 bits per heavy atom. The Bertz CT molecular complexity index is 818. The molecule has 3 aromatic rings. The zero-order chi connectivity index (χ0) is 19.4. The summed E-state index contributed by atoms with van der Waals surface area (Å²) in [7, 11) is 1.63. The number of carbonyl (C=O) groups excluding carboxylic acids is 1. The fourth-order valence-corrected chi connectivity index (χ4v) is 5.51. The lowest BCUT2D eigenvalue weighted by atomic mass is 9.84. The summed E-state index contributed by atoms with van der Waals surface area (Å²) in [6, 6.07) is 31.6. The molecule has 0 bridgehead atoms. The van der Waals surface area contributed by atoms with Crippen LogP contribution in [0.5, 0.6) is 0 Å². The first kappa shape index (κ1) is 18.8. The summed E-state index contributed by atoms with van der Waals surface area (Å²) in [6.45, 7) is 0.324. The SMILES string of the molecule is COCN1C(=O)CC1SC(c1ccccc1)(c1ccccc1)c1ccccc1. The Hall–Kier alpha value is -2.56. The molecular weight excluding hydrogens is 366 g/mol. The molecule has 1 heterocycles. The molecule has 1 unspecified atom stereocenters. The second-order valence-corrected chi connectivity index (χ2v) is 8.23. The molecule has 0 aliphatic carbocycles. The number of thioether (sulfide) groups is 1. The molecule has 3 nitrogen and oxygen atoms in total. The first-order valence-corrected chi connectivity index (χ1v) is 10.3. The van der Waals surface area contributed by atoms with Gasteiger partial charge in [-0.2, -0.15) is 0 Å². The average Bonchev–Trinajstić information content (AvgIpc) is 2.77. The van der Waals surface area contributed by atoms with Crippen molar-refractivity contribution < 1.29 is 9.53 Å². The highest BCUT2D eigenvalue weighted by atomic mass is 32.2. The van der Waals surface area contributed by atoms with Gasteiger partial charge >= 0.3 is 0 Å². The normalized spacial score (nSPS) is 16.7. The van der Waals surface area contributed by atoms with Gasteiger partial charge < -0.3 is 9.64 Å². The van der Waals surface area contributed by atoms with Crippen LogP contribution in [0.3, 0.4) is 0 Å². The summed E-state index contributed by atoms with van der Waals surface area (Å²) in [4.78, 5) is 14.0. The number of methoxy groups -OCH3 is 1. The Labute approximate surface area is 170 Å². The molecule has 3 aromatic carbocycles. The van der Waals surface area contributed by atoms with E-state index in [0.29, 0.717) is 13.2 Å². The number of ether oxygens (including phenoxy) is 1. The third kappa shape index (κ3) is 3.34. The first-order chi connectivity index (χ1) is 13.8. The molecule has 1 saturated heterocycles. The van der Waals surface area contributed by atoms with Crippen molar-refractivity contribution in [1.29, 1.82) is 0 Å². The van der Waals surface area contributed by atoms with E-state index < -0.39 is 4.75 Å². The number of likely N-dealkylation sites (tertiary alicyclic amines) is 1. The number of benzene rings is 3. The quantitative estimate of drug-likeness (QED) is 0.426. The van der Waals surface area contributed by atoms with Crippen molar-refractivity contribution in [2.75, 3.05) is 13.8 Å². The monoisotopic (exact) mass is 389 g/mol. The summed E-state index contributed by atoms with van der Waals surface area (Å²) in [6.07, 6.45) is 0.530. The van der Waals surface area contributed by atoms with Crippen LogP contribution in [0.25, 0.3) is 0 Å². The number of amides is 1. The van der Waals surface area contributed by atoms with E-state index in [4.69, 9.17) is 4.74 Å². The highest BCUT2D eigenvalue weighted by molar-refractivity contribution is 8.01. The molecule has 4 rings (SSSR count). The van der Waals surface area contributed by atoms with Crippen molar-refractivity contribution in [3.8, 4) is 0 Å². The molecular formula is C24H23NO2S. The van der Waals surface area contributed by atoms with Gasteiger partial charge in [0.2, 0.25) is 5.91 Å². The van der Waals surface area contributed by atoms with Crippen LogP contribution >= 0.6 is 11.8 Å². The number of hydrogen-bond donors (Lipinski definition) is 0. The molecule has 1 fully saturated rings. The molecule has 1 amide bonds. The Balaban J connectivity index is 1.88. The maximum Gasteiger partial charge on any atom is 0.228 e. The molecule has 0 saturated carbocycles. The van der Waals surface area contributed by atoms with Gasteiger partial charge in [-0.25, -0.2) is 0 Å². The zero-order valence-corrected chi connectivity index (χ0v) is 16.6. The van der Waals surface area contributed by atoms with Crippen LogP contribution < -0.4 is 0 Å². The minimum absolute atomic E-state index is 0.0630. The molecule has 0 radical (unpaired) electrons. The molecule has 0 N–H and O–H groups in total. The van der Waals surface area contributed by atoms with Crippen molar-refractivity contribution in [1.82, 2.24) is 4.90 Å². The van der Waals surface area contributed by atoms with Crippen LogP contribution in [0.2, 0.25) is 0 Å². The van der Waals surface area contributed by atoms with Gasteiger partial charge in [-0.3, -0.25) is 4.79 Å². The summed E-state index contributed by atoms with van der Waals surface area (Å²) >= 11 is 1.82. The standard InChI is InChI=1S/C24H23NO2S/c1-27-18-25-22(26)17-23(25)28-24(19-11-5-2-6-12-19,20-13-7-3-8-14-20)21-15-9-4-10-16-21/h2-16,23H,17-18H2,1H3. The Morgan fingerprint density at radius 1 is 0.857 bits per heavy atom. The number of carbonyl (C=O) groups is 1. The number of nitrogens with zero attached hydrogens (tertiary/aromatic N) is 1. The van der Waals surface area contributed by atoms with Crippen molar-refractivity contribution in [2.24, 2.45) is 0 Å². The Morgan fingerprint density at radius 3 is 1.64 bits per heavy atom. The van der Waals surface area contributed by atoms with Gasteiger partial charge in [-0.05, 0) is 16.7 Å². The van der Waals surface area contributed by atoms with E-state index >= 15 is 0 Å². The van der Waals surface area contributed by atoms with Crippen molar-refractivity contribution in [3.05, 3.63) is 108 Å². The molecule has 1 aliphatic heterocycles. The van der Waals surface area contributed by atoms with E-state index in [1.54, 1.807) is 7.11 Å². The maximum atomic E-state index is 12.2. The van der Waals surface area contributed by atoms with E-state index in [0.717, 1.165) is 0 Å². The summed E-state index contributed by atoms with van der Waals surface area (Å²) < 4.78 is 4.85. The van der Waals surface area contributed by atoms with Gasteiger partial charge in [0, 0.05) is 7.11 Å². The number of β-lactam (4-membered cyclic amide) rings is 1. The second kappa shape index (κ2) is 8.21. The first-order valence-electron chi connectivity index (χ1n) is 9.38. The van der Waals surface area contributed by atoms with Gasteiger partial charge in [0.25, 0.3) is 0 Å². The van der Waals surface area contributed by atoms with Crippen LogP contribution in [-0.2, 0) is 14.3 Å². The van der Waals surface area contributed by atoms with Crippen LogP contribution in [0, 0.1) is 0 Å². The van der Waals surface area contributed by atoms with E-state index in [2.05, 4.69) is 72.8 Å². The van der Waals surface area contributed by atoms with E-state index in [-0.39, 0.29) is 11.3 Å². The molecule has 28 heavy (non-hydrogen) atoms. The Kier molecular flexibility index (Phi) is 5.51. The lowest BCUT2D eigenvalue weighted by Crippen LogP contribution is -2.53. The van der Waals surface area contributed by atoms with Crippen molar-refractivity contribution >= 4 is 17.7 Å². The zero-order valence-electron chi connectivity index (χ0n) is 15.8. The van der Waals surface area contributed by atoms with Gasteiger partial charge in [-0.15, -0.1) is 11.8 Å². The minimum Gasteiger partial charge on any atom is -0.364 e. The highest BCUT2D eigenvalue weighted by Gasteiger charge is 2.46. The molecule has 0 aromatic heterocycles. The van der Waals surface area contributed by atoms with Crippen LogP contribution in [0.4, 0.5) is 0 Å². The fraction of sp³-hybridized carbons (Fsp3) is 0.208. The topological polar surface area (TPSA) is 29.5 Å². The fourth-order valence-electron chi connectivity index (χ4n) is 3.75. The van der Waals surface area contributed by atoms with Gasteiger partial charge in [0.1, 0.15) is 6.73 Å². The van der Waals surface area contributed by atoms with Crippen molar-refractivity contribution in [3.63, 3.8) is 0 Å². The summed E-state index contributed by atoms with van der Waals surface area (Å²) in [5.74, 6) is 0.141. The van der Waals surface area contributed by atoms with Crippen LogP contribution in [0.15, 0.2) is 91.0 Å². The van der Waals surface area contributed by atoms with Crippen LogP contribution in [-0.4, -0.2) is 30.0 Å². The van der Waals surface area contributed by atoms with E-state index in [1.165, 1.54) is 16.7 Å². The second-order valence-electron chi connectivity index (χ2n) is 6.84. The maximum absolute atomic E-state index is 12.2. The van der Waals surface area contributed by atoms with E-state index in [1.807, 2.05) is 34.9 Å². The molecule has 4 heteroatoms. The average molecular weight is 390 g/mol. The van der Waals surface area contributed by atoms with Gasteiger partial charge in [0.05, 0.1) is 16.5 Å². The highest BCUT2D eigenvalue weighted by Crippen LogP contribution is 2.52. The predicted molar refractivity (Wildman–Crippen MR) is 114 cm³/mol. The summed E-state index contributed by atoms with van der Waals surface area (Å²) in [5, 5.41) is 0.0630. The van der Waals surface area contributed by atoms with Crippen LogP contribution in [0.1, 0.15) is 23.1 Å². The number of rotatable bonds is 7. The largest absolute Gasteiger partial charge is 0.364 e. The van der Waals surface area contributed by atoms with E-state index in [9.17, 15) is 4.79 Å². The van der Waals surface area contributed by atoms with Crippen molar-refractivity contribution in [2.45, 2.75) is 16.5 Å². The summed E-state index contributed by atoms with van der Waals surface area (Å²) in [5.41, 5.74) is 3.61. The minimum atomic E-state index is -0.416. The molecule has 142 valence electrons. The predicted octanol–water partition coefficient (Wildman–Crippen LogP) is 4.87. The molecule has 0 spiro atoms.